The van der Waals surface area contributed by atoms with Crippen molar-refractivity contribution in [2.45, 2.75) is 25.0 Å². The average Bonchev–Trinajstić information content (AvgIpc) is 2.65. The van der Waals surface area contributed by atoms with Crippen molar-refractivity contribution in [2.75, 3.05) is 0 Å². The van der Waals surface area contributed by atoms with Crippen molar-refractivity contribution in [3.05, 3.63) is 24.3 Å². The van der Waals surface area contributed by atoms with Gasteiger partial charge in [0.2, 0.25) is 0 Å². The van der Waals surface area contributed by atoms with Gasteiger partial charge in [0.25, 0.3) is 0 Å². The van der Waals surface area contributed by atoms with Crippen LogP contribution < -0.4 is 0 Å². The van der Waals surface area contributed by atoms with Crippen molar-refractivity contribution in [3.63, 3.8) is 0 Å². The fourth-order valence-corrected chi connectivity index (χ4v) is 4.06. The van der Waals surface area contributed by atoms with Gasteiger partial charge in [-0.2, -0.15) is 0 Å². The molecule has 3 fully saturated rings. The summed E-state index contributed by atoms with van der Waals surface area (Å²) in [6.07, 6.45) is 7.08. The van der Waals surface area contributed by atoms with Crippen molar-refractivity contribution < 1.29 is 19.1 Å². The Morgan fingerprint density at radius 3 is 1.81 bits per heavy atom. The summed E-state index contributed by atoms with van der Waals surface area (Å²) < 4.78 is 10.6. The third-order valence-electron chi connectivity index (χ3n) is 5.04. The zero-order chi connectivity index (χ0) is 11.4. The van der Waals surface area contributed by atoms with E-state index in [1.165, 1.54) is 0 Å². The van der Waals surface area contributed by atoms with Gasteiger partial charge in [-0.05, 0) is 13.8 Å². The lowest BCUT2D eigenvalue weighted by Crippen LogP contribution is -2.70. The number of cyclic esters (lactones) is 2. The molecule has 4 rings (SSSR count). The van der Waals surface area contributed by atoms with Gasteiger partial charge in [0.05, 0.1) is 0 Å². The van der Waals surface area contributed by atoms with E-state index in [1.54, 1.807) is 24.3 Å². The number of rotatable bonds is 0. The molecule has 2 heterocycles. The molecule has 2 unspecified atom stereocenters. The Balaban J connectivity index is 2.10. The van der Waals surface area contributed by atoms with Gasteiger partial charge >= 0.3 is 11.9 Å². The minimum atomic E-state index is -0.930. The van der Waals surface area contributed by atoms with E-state index in [0.717, 1.165) is 0 Å². The molecular formula is C12H10O4. The molecule has 0 N–H and O–H groups in total. The minimum absolute atomic E-state index is 0.476. The number of esters is 2. The molecule has 4 atom stereocenters. The van der Waals surface area contributed by atoms with Gasteiger partial charge in [-0.1, -0.05) is 24.3 Å². The van der Waals surface area contributed by atoms with Crippen molar-refractivity contribution in [3.8, 4) is 0 Å². The fourth-order valence-electron chi connectivity index (χ4n) is 4.06. The maximum Gasteiger partial charge on any atom is 0.328 e. The Morgan fingerprint density at radius 1 is 0.938 bits per heavy atom. The predicted molar refractivity (Wildman–Crippen MR) is 52.1 cm³/mol. The van der Waals surface area contributed by atoms with E-state index < -0.39 is 34.0 Å². The van der Waals surface area contributed by atoms with Crippen LogP contribution in [0.3, 0.4) is 0 Å². The van der Waals surface area contributed by atoms with E-state index >= 15 is 0 Å². The Morgan fingerprint density at radius 2 is 1.38 bits per heavy atom. The number of hydrogen-bond acceptors (Lipinski definition) is 4. The van der Waals surface area contributed by atoms with Crippen LogP contribution in [0.5, 0.6) is 0 Å². The Hall–Kier alpha value is -1.42. The van der Waals surface area contributed by atoms with Crippen LogP contribution in [0.4, 0.5) is 0 Å². The first-order chi connectivity index (χ1) is 7.46. The topological polar surface area (TPSA) is 55.9 Å². The smallest absolute Gasteiger partial charge is 0.328 e. The molecule has 0 radical (unpaired) electrons. The molecular weight excluding hydrogens is 208 g/mol. The maximum atomic E-state index is 12.0. The second kappa shape index (κ2) is 1.80. The van der Waals surface area contributed by atoms with E-state index in [0.29, 0.717) is 0 Å². The Labute approximate surface area is 91.9 Å². The van der Waals surface area contributed by atoms with Crippen molar-refractivity contribution in [1.82, 2.24) is 0 Å². The third kappa shape index (κ3) is 0.417. The average molecular weight is 218 g/mol. The van der Waals surface area contributed by atoms with E-state index in [-0.39, 0.29) is 0 Å². The monoisotopic (exact) mass is 218 g/mol. The van der Waals surface area contributed by atoms with Gasteiger partial charge in [-0.3, -0.25) is 9.59 Å². The summed E-state index contributed by atoms with van der Waals surface area (Å²) in [5.41, 5.74) is -3.05. The third-order valence-corrected chi connectivity index (χ3v) is 5.04. The summed E-state index contributed by atoms with van der Waals surface area (Å²) in [4.78, 5) is 23.9. The van der Waals surface area contributed by atoms with Crippen molar-refractivity contribution in [1.29, 1.82) is 0 Å². The van der Waals surface area contributed by atoms with Crippen LogP contribution in [0.1, 0.15) is 13.8 Å². The highest BCUT2D eigenvalue weighted by molar-refractivity contribution is 6.11. The molecule has 0 aromatic carbocycles. The SMILES string of the molecule is CC12OC1(C)[C@]13C=CC=C[C@]21C(=O)OC3=O. The Bertz CT molecular complexity index is 487. The molecule has 2 aliphatic heterocycles. The van der Waals surface area contributed by atoms with Crippen molar-refractivity contribution in [2.24, 2.45) is 10.8 Å². The lowest BCUT2D eigenvalue weighted by molar-refractivity contribution is -0.155. The van der Waals surface area contributed by atoms with Gasteiger partial charge in [-0.25, -0.2) is 0 Å². The van der Waals surface area contributed by atoms with Gasteiger partial charge in [0, 0.05) is 0 Å². The first-order valence-corrected chi connectivity index (χ1v) is 5.30. The molecule has 0 aromatic heterocycles. The zero-order valence-electron chi connectivity index (χ0n) is 8.94. The first-order valence-electron chi connectivity index (χ1n) is 5.30. The largest absolute Gasteiger partial charge is 0.392 e. The number of carbonyl (C=O) groups excluding carboxylic acids is 2. The van der Waals surface area contributed by atoms with Crippen LogP contribution in [0, 0.1) is 10.8 Å². The van der Waals surface area contributed by atoms with Crippen LogP contribution in [0.15, 0.2) is 24.3 Å². The van der Waals surface area contributed by atoms with E-state index in [2.05, 4.69) is 0 Å². The molecule has 0 aromatic rings. The summed E-state index contributed by atoms with van der Waals surface area (Å²) in [6.45, 7) is 3.74. The molecule has 4 aliphatic rings. The number of ether oxygens (including phenoxy) is 2. The standard InChI is InChI=1S/C12H10O4/c1-9-10(2,16-9)12-6-4-3-5-11(9,12)7(13)15-8(12)14/h3-6H,1-2H3/t9?,10?,11-,12+. The molecule has 0 bridgehead atoms. The normalized spacial score (nSPS) is 59.6. The number of allylic oxidation sites excluding steroid dienone is 2. The summed E-state index contributed by atoms with van der Waals surface area (Å²) in [5.74, 6) is -0.953. The van der Waals surface area contributed by atoms with Crippen molar-refractivity contribution >= 4 is 11.9 Å². The molecule has 0 spiro atoms. The van der Waals surface area contributed by atoms with Crippen LogP contribution >= 0.6 is 0 Å². The van der Waals surface area contributed by atoms with Crippen LogP contribution in [0.25, 0.3) is 0 Å². The summed E-state index contributed by atoms with van der Waals surface area (Å²) >= 11 is 0. The molecule has 2 aliphatic carbocycles. The molecule has 0 amide bonds. The highest BCUT2D eigenvalue weighted by Gasteiger charge is 3.03. The van der Waals surface area contributed by atoms with Gasteiger partial charge < -0.3 is 9.47 Å². The van der Waals surface area contributed by atoms with E-state index in [9.17, 15) is 9.59 Å². The second-order valence-electron chi connectivity index (χ2n) is 5.18. The fraction of sp³-hybridized carbons (Fsp3) is 0.500. The Kier molecular flexibility index (Phi) is 0.977. The summed E-state index contributed by atoms with van der Waals surface area (Å²) in [7, 11) is 0. The zero-order valence-corrected chi connectivity index (χ0v) is 8.94. The molecule has 82 valence electrons. The lowest BCUT2D eigenvalue weighted by Gasteiger charge is -2.52. The van der Waals surface area contributed by atoms with E-state index in [4.69, 9.17) is 9.47 Å². The van der Waals surface area contributed by atoms with E-state index in [1.807, 2.05) is 13.8 Å². The summed E-state index contributed by atoms with van der Waals surface area (Å²) in [6, 6.07) is 0. The van der Waals surface area contributed by atoms with Gasteiger partial charge in [0.15, 0.2) is 0 Å². The summed E-state index contributed by atoms with van der Waals surface area (Å²) in [5, 5.41) is 0. The number of epoxide rings is 1. The maximum absolute atomic E-state index is 12.0. The highest BCUT2D eigenvalue weighted by atomic mass is 16.7. The number of hydrogen-bond donors (Lipinski definition) is 0. The molecule has 4 nitrogen and oxygen atoms in total. The van der Waals surface area contributed by atoms with Gasteiger partial charge in [-0.15, -0.1) is 0 Å². The molecule has 4 heteroatoms. The van der Waals surface area contributed by atoms with Gasteiger partial charge in [0.1, 0.15) is 22.0 Å². The van der Waals surface area contributed by atoms with Crippen LogP contribution in [-0.4, -0.2) is 23.1 Å². The second-order valence-corrected chi connectivity index (χ2v) is 5.18. The quantitative estimate of drug-likeness (QED) is 0.341. The minimum Gasteiger partial charge on any atom is -0.392 e. The number of carbonyl (C=O) groups is 2. The number of fused-ring (bicyclic) bond motifs is 1. The van der Waals surface area contributed by atoms with Crippen LogP contribution in [-0.2, 0) is 19.1 Å². The first kappa shape index (κ1) is 8.70. The predicted octanol–water partition coefficient (Wildman–Crippen LogP) is 0.730. The van der Waals surface area contributed by atoms with Crippen LogP contribution in [0.2, 0.25) is 0 Å². The molecule has 16 heavy (non-hydrogen) atoms. The molecule has 1 saturated carbocycles. The lowest BCUT2D eigenvalue weighted by atomic mass is 9.39. The molecule has 2 saturated heterocycles. The highest BCUT2D eigenvalue weighted by Crippen LogP contribution is 2.86.